The van der Waals surface area contributed by atoms with Crippen LogP contribution in [0.5, 0.6) is 11.5 Å². The molecule has 2 aliphatic heterocycles. The molecule has 1 unspecified atom stereocenters. The average Bonchev–Trinajstić information content (AvgIpc) is 2.60. The van der Waals surface area contributed by atoms with Gasteiger partial charge in [-0.2, -0.15) is 0 Å². The van der Waals surface area contributed by atoms with Crippen LogP contribution < -0.4 is 9.47 Å². The van der Waals surface area contributed by atoms with Gasteiger partial charge in [0.05, 0.1) is 14.2 Å². The molecule has 2 aromatic carbocycles. The molecule has 2 heterocycles. The van der Waals surface area contributed by atoms with Crippen molar-refractivity contribution < 1.29 is 9.47 Å². The lowest BCUT2D eigenvalue weighted by Crippen LogP contribution is -2.39. The van der Waals surface area contributed by atoms with Gasteiger partial charge in [-0.15, -0.1) is 0 Å². The standard InChI is InChI=1S/C21H25NO2/c1-13-9-16-7-8-22-12-18-15(5-6-20(23-3)21(18)24-4)11-19(22)17(16)10-14(13)2/h5-6,9-10,19H,7-8,11-12H2,1-4H3. The van der Waals surface area contributed by atoms with Gasteiger partial charge in [0.25, 0.3) is 0 Å². The Hall–Kier alpha value is -2.00. The van der Waals surface area contributed by atoms with Gasteiger partial charge in [-0.05, 0) is 60.6 Å². The Labute approximate surface area is 144 Å². The van der Waals surface area contributed by atoms with Gasteiger partial charge in [0.15, 0.2) is 11.5 Å². The Balaban J connectivity index is 1.78. The molecular weight excluding hydrogens is 298 g/mol. The van der Waals surface area contributed by atoms with Crippen molar-refractivity contribution in [3.63, 3.8) is 0 Å². The first-order valence-electron chi connectivity index (χ1n) is 8.69. The average molecular weight is 323 g/mol. The molecule has 0 fully saturated rings. The summed E-state index contributed by atoms with van der Waals surface area (Å²) in [5, 5.41) is 0. The van der Waals surface area contributed by atoms with Crippen molar-refractivity contribution in [2.75, 3.05) is 20.8 Å². The van der Waals surface area contributed by atoms with Gasteiger partial charge in [-0.3, -0.25) is 4.90 Å². The molecular formula is C21H25NO2. The van der Waals surface area contributed by atoms with Gasteiger partial charge in [0.2, 0.25) is 0 Å². The highest BCUT2D eigenvalue weighted by molar-refractivity contribution is 5.53. The Morgan fingerprint density at radius 1 is 1.00 bits per heavy atom. The van der Waals surface area contributed by atoms with Crippen molar-refractivity contribution in [1.29, 1.82) is 0 Å². The van der Waals surface area contributed by atoms with E-state index >= 15 is 0 Å². The third-order valence-electron chi connectivity index (χ3n) is 5.74. The predicted octanol–water partition coefficient (Wildman–Crippen LogP) is 3.98. The van der Waals surface area contributed by atoms with Gasteiger partial charge in [0.1, 0.15) is 0 Å². The fraction of sp³-hybridized carbons (Fsp3) is 0.429. The van der Waals surface area contributed by atoms with E-state index in [1.54, 1.807) is 14.2 Å². The molecule has 24 heavy (non-hydrogen) atoms. The molecule has 1 atom stereocenters. The lowest BCUT2D eigenvalue weighted by molar-refractivity contribution is 0.157. The molecule has 0 spiro atoms. The molecule has 0 bridgehead atoms. The normalized spacial score (nSPS) is 19.2. The molecule has 4 rings (SSSR count). The number of rotatable bonds is 2. The van der Waals surface area contributed by atoms with Crippen LogP contribution in [-0.4, -0.2) is 25.7 Å². The van der Waals surface area contributed by atoms with Gasteiger partial charge >= 0.3 is 0 Å². The summed E-state index contributed by atoms with van der Waals surface area (Å²) < 4.78 is 11.1. The Kier molecular flexibility index (Phi) is 3.76. The van der Waals surface area contributed by atoms with Gasteiger partial charge in [-0.25, -0.2) is 0 Å². The van der Waals surface area contributed by atoms with Crippen molar-refractivity contribution in [2.24, 2.45) is 0 Å². The van der Waals surface area contributed by atoms with Crippen LogP contribution in [0.4, 0.5) is 0 Å². The molecule has 3 nitrogen and oxygen atoms in total. The van der Waals surface area contributed by atoms with E-state index in [4.69, 9.17) is 9.47 Å². The second-order valence-corrected chi connectivity index (χ2v) is 7.01. The third-order valence-corrected chi connectivity index (χ3v) is 5.74. The molecule has 126 valence electrons. The largest absolute Gasteiger partial charge is 0.493 e. The van der Waals surface area contributed by atoms with Crippen LogP contribution in [0, 0.1) is 13.8 Å². The molecule has 2 aromatic rings. The maximum atomic E-state index is 5.67. The monoisotopic (exact) mass is 323 g/mol. The number of hydrogen-bond donors (Lipinski definition) is 0. The Morgan fingerprint density at radius 2 is 1.79 bits per heavy atom. The summed E-state index contributed by atoms with van der Waals surface area (Å²) in [6.45, 7) is 6.49. The number of aryl methyl sites for hydroxylation is 2. The lowest BCUT2D eigenvalue weighted by Gasteiger charge is -2.42. The SMILES string of the molecule is COc1ccc2c(c1OC)CN1CCc3cc(C)c(C)cc3C1C2. The number of ether oxygens (including phenoxy) is 2. The van der Waals surface area contributed by atoms with Gasteiger partial charge in [0, 0.05) is 24.7 Å². The van der Waals surface area contributed by atoms with E-state index in [2.05, 4.69) is 36.9 Å². The van der Waals surface area contributed by atoms with Crippen molar-refractivity contribution in [1.82, 2.24) is 4.90 Å². The van der Waals surface area contributed by atoms with Gasteiger partial charge in [-0.1, -0.05) is 18.2 Å². The highest BCUT2D eigenvalue weighted by atomic mass is 16.5. The number of fused-ring (bicyclic) bond motifs is 4. The molecule has 2 aliphatic rings. The zero-order valence-electron chi connectivity index (χ0n) is 15.0. The predicted molar refractivity (Wildman–Crippen MR) is 96.0 cm³/mol. The summed E-state index contributed by atoms with van der Waals surface area (Å²) in [7, 11) is 3.44. The Bertz CT molecular complexity index is 797. The highest BCUT2D eigenvalue weighted by Gasteiger charge is 2.34. The second kappa shape index (κ2) is 5.82. The number of nitrogens with zero attached hydrogens (tertiary/aromatic N) is 1. The molecule has 0 saturated heterocycles. The number of methoxy groups -OCH3 is 2. The van der Waals surface area contributed by atoms with Crippen LogP contribution in [0.15, 0.2) is 24.3 Å². The zero-order chi connectivity index (χ0) is 16.8. The van der Waals surface area contributed by atoms with E-state index in [1.807, 2.05) is 6.07 Å². The molecule has 0 amide bonds. The van der Waals surface area contributed by atoms with E-state index in [-0.39, 0.29) is 0 Å². The minimum Gasteiger partial charge on any atom is -0.493 e. The van der Waals surface area contributed by atoms with Crippen molar-refractivity contribution in [3.05, 3.63) is 57.6 Å². The first-order chi connectivity index (χ1) is 11.6. The van der Waals surface area contributed by atoms with Crippen LogP contribution in [-0.2, 0) is 19.4 Å². The molecule has 0 radical (unpaired) electrons. The van der Waals surface area contributed by atoms with E-state index in [0.717, 1.165) is 37.4 Å². The van der Waals surface area contributed by atoms with Crippen molar-refractivity contribution in [2.45, 2.75) is 39.3 Å². The number of benzene rings is 2. The minimum atomic E-state index is 0.485. The quantitative estimate of drug-likeness (QED) is 0.834. The Morgan fingerprint density at radius 3 is 2.54 bits per heavy atom. The van der Waals surface area contributed by atoms with Gasteiger partial charge < -0.3 is 9.47 Å². The molecule has 0 aromatic heterocycles. The smallest absolute Gasteiger partial charge is 0.165 e. The van der Waals surface area contributed by atoms with Crippen LogP contribution in [0.2, 0.25) is 0 Å². The van der Waals surface area contributed by atoms with E-state index in [1.165, 1.54) is 33.4 Å². The fourth-order valence-corrected chi connectivity index (χ4v) is 4.28. The third kappa shape index (κ3) is 2.30. The van der Waals surface area contributed by atoms with E-state index in [9.17, 15) is 0 Å². The summed E-state index contributed by atoms with van der Waals surface area (Å²) in [5.74, 6) is 1.73. The van der Waals surface area contributed by atoms with E-state index in [0.29, 0.717) is 6.04 Å². The molecule has 3 heteroatoms. The first kappa shape index (κ1) is 15.5. The molecule has 0 N–H and O–H groups in total. The summed E-state index contributed by atoms with van der Waals surface area (Å²) in [6.07, 6.45) is 2.18. The summed E-state index contributed by atoms with van der Waals surface area (Å²) >= 11 is 0. The maximum absolute atomic E-state index is 5.67. The summed E-state index contributed by atoms with van der Waals surface area (Å²) in [4.78, 5) is 2.60. The highest BCUT2D eigenvalue weighted by Crippen LogP contribution is 2.44. The number of hydrogen-bond acceptors (Lipinski definition) is 3. The lowest BCUT2D eigenvalue weighted by atomic mass is 9.82. The van der Waals surface area contributed by atoms with Crippen molar-refractivity contribution in [3.8, 4) is 11.5 Å². The maximum Gasteiger partial charge on any atom is 0.165 e. The minimum absolute atomic E-state index is 0.485. The summed E-state index contributed by atoms with van der Waals surface area (Å²) in [6, 6.07) is 9.54. The fourth-order valence-electron chi connectivity index (χ4n) is 4.28. The first-order valence-corrected chi connectivity index (χ1v) is 8.69. The summed E-state index contributed by atoms with van der Waals surface area (Å²) in [5.41, 5.74) is 8.53. The van der Waals surface area contributed by atoms with Crippen LogP contribution in [0.1, 0.15) is 39.4 Å². The van der Waals surface area contributed by atoms with Crippen molar-refractivity contribution >= 4 is 0 Å². The van der Waals surface area contributed by atoms with Crippen LogP contribution >= 0.6 is 0 Å². The zero-order valence-corrected chi connectivity index (χ0v) is 15.0. The topological polar surface area (TPSA) is 21.7 Å². The van der Waals surface area contributed by atoms with Crippen LogP contribution in [0.25, 0.3) is 0 Å². The second-order valence-electron chi connectivity index (χ2n) is 7.01. The molecule has 0 saturated carbocycles. The molecule has 0 aliphatic carbocycles. The van der Waals surface area contributed by atoms with E-state index < -0.39 is 0 Å². The van der Waals surface area contributed by atoms with Crippen LogP contribution in [0.3, 0.4) is 0 Å².